The van der Waals surface area contributed by atoms with Crippen molar-refractivity contribution in [2.45, 2.75) is 44.9 Å². The number of nitrogens with one attached hydrogen (secondary N) is 1. The fourth-order valence-corrected chi connectivity index (χ4v) is 3.75. The summed E-state index contributed by atoms with van der Waals surface area (Å²) in [7, 11) is 0. The molecule has 2 aliphatic rings. The summed E-state index contributed by atoms with van der Waals surface area (Å²) >= 11 is 0. The maximum absolute atomic E-state index is 3.49. The average molecular weight is 277 g/mol. The molecule has 0 amide bonds. The van der Waals surface area contributed by atoms with Crippen molar-refractivity contribution >= 4 is 5.69 Å². The lowest BCUT2D eigenvalue weighted by Gasteiger charge is -2.18. The van der Waals surface area contributed by atoms with Crippen molar-refractivity contribution in [1.29, 1.82) is 0 Å². The van der Waals surface area contributed by atoms with Gasteiger partial charge in [0.1, 0.15) is 0 Å². The van der Waals surface area contributed by atoms with E-state index in [0.717, 1.165) is 13.0 Å². The van der Waals surface area contributed by atoms with Crippen LogP contribution < -0.4 is 5.32 Å². The fourth-order valence-electron chi connectivity index (χ4n) is 3.75. The lowest BCUT2D eigenvalue weighted by Crippen LogP contribution is -2.11. The first kappa shape index (κ1) is 12.9. The predicted octanol–water partition coefficient (Wildman–Crippen LogP) is 4.32. The molecule has 0 aromatic heterocycles. The molecule has 1 aliphatic heterocycles. The van der Waals surface area contributed by atoms with E-state index in [1.165, 1.54) is 60.9 Å². The molecular formula is C20H23N. The Kier molecular flexibility index (Phi) is 3.42. The molecule has 0 saturated carbocycles. The summed E-state index contributed by atoms with van der Waals surface area (Å²) in [5, 5.41) is 3.49. The van der Waals surface area contributed by atoms with Gasteiger partial charge in [0, 0.05) is 12.2 Å². The monoisotopic (exact) mass is 277 g/mol. The summed E-state index contributed by atoms with van der Waals surface area (Å²) < 4.78 is 0. The summed E-state index contributed by atoms with van der Waals surface area (Å²) in [5.74, 6) is 0. The number of aryl methyl sites for hydroxylation is 5. The van der Waals surface area contributed by atoms with Crippen LogP contribution in [0.5, 0.6) is 0 Å². The van der Waals surface area contributed by atoms with Crippen molar-refractivity contribution in [3.8, 4) is 0 Å². The summed E-state index contributed by atoms with van der Waals surface area (Å²) in [6.07, 6.45) is 8.74. The van der Waals surface area contributed by atoms with E-state index in [1.54, 1.807) is 11.1 Å². The predicted molar refractivity (Wildman–Crippen MR) is 89.1 cm³/mol. The lowest BCUT2D eigenvalue weighted by atomic mass is 9.96. The van der Waals surface area contributed by atoms with Crippen LogP contribution in [-0.2, 0) is 32.1 Å². The van der Waals surface area contributed by atoms with E-state index in [4.69, 9.17) is 0 Å². The van der Waals surface area contributed by atoms with Crippen molar-refractivity contribution in [3.05, 3.63) is 64.2 Å². The standard InChI is InChI=1S/C20H23N/c1-3-17-10-8-15(13-18(17)4-1)6-7-16-9-11-20-19(14-16)5-2-12-21-20/h8-11,13-14,21H,1-7,12H2. The van der Waals surface area contributed by atoms with Crippen LogP contribution >= 0.6 is 0 Å². The van der Waals surface area contributed by atoms with Gasteiger partial charge in [0.15, 0.2) is 0 Å². The Morgan fingerprint density at radius 3 is 2.33 bits per heavy atom. The molecule has 0 bridgehead atoms. The van der Waals surface area contributed by atoms with E-state index in [0.29, 0.717) is 0 Å². The van der Waals surface area contributed by atoms with Crippen LogP contribution in [0.3, 0.4) is 0 Å². The summed E-state index contributed by atoms with van der Waals surface area (Å²) in [6, 6.07) is 14.1. The van der Waals surface area contributed by atoms with E-state index in [-0.39, 0.29) is 0 Å². The maximum atomic E-state index is 3.49. The third kappa shape index (κ3) is 2.70. The largest absolute Gasteiger partial charge is 0.385 e. The molecule has 0 unspecified atom stereocenters. The highest BCUT2D eigenvalue weighted by atomic mass is 14.9. The third-order valence-electron chi connectivity index (χ3n) is 4.97. The number of anilines is 1. The molecule has 2 aromatic carbocycles. The first-order valence-electron chi connectivity index (χ1n) is 8.35. The summed E-state index contributed by atoms with van der Waals surface area (Å²) in [5.41, 5.74) is 9.03. The van der Waals surface area contributed by atoms with Gasteiger partial charge in [-0.3, -0.25) is 0 Å². The Morgan fingerprint density at radius 1 is 0.714 bits per heavy atom. The van der Waals surface area contributed by atoms with Crippen LogP contribution in [0.25, 0.3) is 0 Å². The molecule has 0 radical (unpaired) electrons. The first-order valence-corrected chi connectivity index (χ1v) is 8.35. The second kappa shape index (κ2) is 5.55. The molecule has 4 rings (SSSR count). The molecule has 0 saturated heterocycles. The smallest absolute Gasteiger partial charge is 0.0372 e. The van der Waals surface area contributed by atoms with Gasteiger partial charge in [-0.05, 0) is 78.8 Å². The Bertz CT molecular complexity index is 657. The second-order valence-electron chi connectivity index (χ2n) is 6.48. The zero-order chi connectivity index (χ0) is 14.1. The second-order valence-corrected chi connectivity index (χ2v) is 6.48. The summed E-state index contributed by atoms with van der Waals surface area (Å²) in [4.78, 5) is 0. The molecule has 0 spiro atoms. The van der Waals surface area contributed by atoms with Crippen molar-refractivity contribution in [1.82, 2.24) is 0 Å². The summed E-state index contributed by atoms with van der Waals surface area (Å²) in [6.45, 7) is 1.13. The Morgan fingerprint density at radius 2 is 1.43 bits per heavy atom. The van der Waals surface area contributed by atoms with Crippen LogP contribution in [0.1, 0.15) is 40.7 Å². The van der Waals surface area contributed by atoms with Crippen LogP contribution in [0, 0.1) is 0 Å². The molecule has 1 nitrogen and oxygen atoms in total. The quantitative estimate of drug-likeness (QED) is 0.881. The molecular weight excluding hydrogens is 254 g/mol. The van der Waals surface area contributed by atoms with E-state index in [1.807, 2.05) is 0 Å². The van der Waals surface area contributed by atoms with Gasteiger partial charge in [0.2, 0.25) is 0 Å². The lowest BCUT2D eigenvalue weighted by molar-refractivity contribution is 0.825. The zero-order valence-corrected chi connectivity index (χ0v) is 12.6. The minimum Gasteiger partial charge on any atom is -0.385 e. The Hall–Kier alpha value is -1.76. The van der Waals surface area contributed by atoms with Crippen molar-refractivity contribution in [2.75, 3.05) is 11.9 Å². The van der Waals surface area contributed by atoms with Gasteiger partial charge in [-0.15, -0.1) is 0 Å². The normalized spacial score (nSPS) is 16.2. The molecule has 21 heavy (non-hydrogen) atoms. The highest BCUT2D eigenvalue weighted by Gasteiger charge is 2.11. The number of hydrogen-bond acceptors (Lipinski definition) is 1. The van der Waals surface area contributed by atoms with E-state index in [9.17, 15) is 0 Å². The van der Waals surface area contributed by atoms with Gasteiger partial charge in [0.25, 0.3) is 0 Å². The topological polar surface area (TPSA) is 12.0 Å². The number of fused-ring (bicyclic) bond motifs is 2. The van der Waals surface area contributed by atoms with Gasteiger partial charge in [0.05, 0.1) is 0 Å². The third-order valence-corrected chi connectivity index (χ3v) is 4.97. The Balaban J connectivity index is 1.47. The molecule has 1 heteroatoms. The molecule has 1 N–H and O–H groups in total. The van der Waals surface area contributed by atoms with Crippen LogP contribution in [0.4, 0.5) is 5.69 Å². The van der Waals surface area contributed by atoms with Gasteiger partial charge in [-0.2, -0.15) is 0 Å². The van der Waals surface area contributed by atoms with Crippen LogP contribution in [-0.4, -0.2) is 6.54 Å². The minimum atomic E-state index is 1.13. The fraction of sp³-hybridized carbons (Fsp3) is 0.400. The molecule has 2 aromatic rings. The highest BCUT2D eigenvalue weighted by molar-refractivity contribution is 5.54. The molecule has 0 atom stereocenters. The molecule has 1 heterocycles. The van der Waals surface area contributed by atoms with Crippen molar-refractivity contribution in [2.24, 2.45) is 0 Å². The number of rotatable bonds is 3. The minimum absolute atomic E-state index is 1.13. The average Bonchev–Trinajstić information content (AvgIpc) is 3.00. The number of hydrogen-bond donors (Lipinski definition) is 1. The Labute approximate surface area is 127 Å². The van der Waals surface area contributed by atoms with Gasteiger partial charge in [-0.1, -0.05) is 30.3 Å². The van der Waals surface area contributed by atoms with Crippen molar-refractivity contribution in [3.63, 3.8) is 0 Å². The maximum Gasteiger partial charge on any atom is 0.0372 e. The van der Waals surface area contributed by atoms with Gasteiger partial charge >= 0.3 is 0 Å². The van der Waals surface area contributed by atoms with Gasteiger partial charge < -0.3 is 5.32 Å². The van der Waals surface area contributed by atoms with Crippen LogP contribution in [0.15, 0.2) is 36.4 Å². The molecule has 108 valence electrons. The van der Waals surface area contributed by atoms with E-state index in [2.05, 4.69) is 41.7 Å². The van der Waals surface area contributed by atoms with Crippen LogP contribution in [0.2, 0.25) is 0 Å². The molecule has 1 aliphatic carbocycles. The first-order chi connectivity index (χ1) is 10.4. The SMILES string of the molecule is c1cc2c(cc1CCc1ccc3c(c1)CCCN3)CCC2. The van der Waals surface area contributed by atoms with E-state index < -0.39 is 0 Å². The van der Waals surface area contributed by atoms with E-state index >= 15 is 0 Å². The molecule has 0 fully saturated rings. The highest BCUT2D eigenvalue weighted by Crippen LogP contribution is 2.25. The van der Waals surface area contributed by atoms with Gasteiger partial charge in [-0.25, -0.2) is 0 Å². The van der Waals surface area contributed by atoms with Crippen molar-refractivity contribution < 1.29 is 0 Å². The number of benzene rings is 2. The zero-order valence-electron chi connectivity index (χ0n) is 12.6.